The largest absolute Gasteiger partial charge is 0.310 e. The van der Waals surface area contributed by atoms with Gasteiger partial charge in [-0.05, 0) is 73.0 Å². The summed E-state index contributed by atoms with van der Waals surface area (Å²) in [6.45, 7) is 2.78. The number of allylic oxidation sites excluding steroid dienone is 2. The lowest BCUT2D eigenvalue weighted by Gasteiger charge is -2.57. The Balaban J connectivity index is 1.14. The van der Waals surface area contributed by atoms with Crippen LogP contribution in [0.25, 0.3) is 0 Å². The van der Waals surface area contributed by atoms with Crippen molar-refractivity contribution in [2.45, 2.75) is 64.2 Å². The molecule has 1 amide bonds. The number of nitrogens with zero attached hydrogens (tertiary/aromatic N) is 3. The first kappa shape index (κ1) is 25.3. The van der Waals surface area contributed by atoms with Gasteiger partial charge >= 0.3 is 0 Å². The molecule has 0 spiro atoms. The summed E-state index contributed by atoms with van der Waals surface area (Å²) in [6.07, 6.45) is 10.5. The lowest BCUT2D eigenvalue weighted by molar-refractivity contribution is -0.121. The molecule has 37 heavy (non-hydrogen) atoms. The molecule has 2 fully saturated rings. The fraction of sp³-hybridized carbons (Fsp3) is 0.519. The van der Waals surface area contributed by atoms with Gasteiger partial charge in [-0.1, -0.05) is 47.8 Å². The van der Waals surface area contributed by atoms with Crippen LogP contribution in [0.15, 0.2) is 36.2 Å². The number of benzene rings is 1. The maximum atomic E-state index is 13.2. The van der Waals surface area contributed by atoms with Crippen LogP contribution in [0, 0.1) is 16.7 Å². The average molecular weight is 562 g/mol. The number of amides is 1. The molecule has 2 saturated carbocycles. The molecule has 1 aromatic heterocycles. The number of aromatic nitrogens is 2. The highest BCUT2D eigenvalue weighted by atomic mass is 35.5. The molecule has 4 bridgehead atoms. The maximum absolute atomic E-state index is 13.2. The Bertz CT molecular complexity index is 1430. The number of fused-ring (bicyclic) bond motifs is 1. The first-order valence-corrected chi connectivity index (χ1v) is 15.1. The van der Waals surface area contributed by atoms with Crippen molar-refractivity contribution in [1.82, 2.24) is 14.3 Å². The highest BCUT2D eigenvalue weighted by molar-refractivity contribution is 7.88. The van der Waals surface area contributed by atoms with Crippen molar-refractivity contribution >= 4 is 45.0 Å². The lowest BCUT2D eigenvalue weighted by atomic mass is 9.48. The zero-order valence-corrected chi connectivity index (χ0v) is 23.1. The molecule has 7 rings (SSSR count). The smallest absolute Gasteiger partial charge is 0.226 e. The molecule has 1 aromatic carbocycles. The van der Waals surface area contributed by atoms with E-state index in [1.807, 2.05) is 0 Å². The third-order valence-electron chi connectivity index (χ3n) is 8.45. The number of anilines is 1. The van der Waals surface area contributed by atoms with Gasteiger partial charge in [0.25, 0.3) is 0 Å². The fourth-order valence-electron chi connectivity index (χ4n) is 7.58. The van der Waals surface area contributed by atoms with Gasteiger partial charge < -0.3 is 5.32 Å². The molecule has 0 saturated heterocycles. The minimum absolute atomic E-state index is 0.0123. The van der Waals surface area contributed by atoms with Crippen LogP contribution in [0.1, 0.15) is 62.3 Å². The zero-order chi connectivity index (χ0) is 26.0. The van der Waals surface area contributed by atoms with Crippen molar-refractivity contribution in [2.75, 3.05) is 11.9 Å². The first-order chi connectivity index (χ1) is 17.5. The normalized spacial score (nSPS) is 28.6. The Morgan fingerprint density at radius 1 is 1.22 bits per heavy atom. The van der Waals surface area contributed by atoms with Gasteiger partial charge in [-0.2, -0.15) is 4.31 Å². The summed E-state index contributed by atoms with van der Waals surface area (Å²) in [4.78, 5) is 22.0. The number of halogens is 2. The number of carbonyl (C=O) groups is 1. The summed E-state index contributed by atoms with van der Waals surface area (Å²) in [5, 5.41) is 3.77. The summed E-state index contributed by atoms with van der Waals surface area (Å²) in [5.74, 6) is 1.02. The molecule has 10 heteroatoms. The number of nitrogens with one attached hydrogen (secondary N) is 1. The quantitative estimate of drug-likeness (QED) is 0.469. The van der Waals surface area contributed by atoms with E-state index >= 15 is 0 Å². The monoisotopic (exact) mass is 560 g/mol. The second-order valence-corrected chi connectivity index (χ2v) is 14.5. The van der Waals surface area contributed by atoms with Crippen LogP contribution in [0.2, 0.25) is 10.0 Å². The van der Waals surface area contributed by atoms with E-state index < -0.39 is 10.0 Å². The van der Waals surface area contributed by atoms with Crippen molar-refractivity contribution in [3.05, 3.63) is 63.0 Å². The molecule has 5 aliphatic rings. The number of hydrogen-bond donors (Lipinski definition) is 1. The van der Waals surface area contributed by atoms with Gasteiger partial charge in [0.2, 0.25) is 15.9 Å². The Hall–Kier alpha value is -2.00. The van der Waals surface area contributed by atoms with E-state index in [1.54, 1.807) is 18.2 Å². The van der Waals surface area contributed by atoms with Gasteiger partial charge in [-0.15, -0.1) is 0 Å². The molecule has 196 valence electrons. The third kappa shape index (κ3) is 4.93. The molecular weight excluding hydrogens is 531 g/mol. The standard InChI is InChI=1S/C27H30Cl2N4O3S/c1-26-8-18-6-19(9-26)11-27(10-18,15-26)12-24(34)32-25-20-4-5-33(13-23(20)30-16-31-25)37(35,36)14-17-2-3-21(28)22(29)7-17/h2-3,7-8,16,19H,4-6,9-15H2,1H3,(H,30,31,32,34). The minimum atomic E-state index is -3.60. The van der Waals surface area contributed by atoms with Crippen LogP contribution in [0.4, 0.5) is 5.82 Å². The van der Waals surface area contributed by atoms with E-state index in [2.05, 4.69) is 28.3 Å². The molecule has 1 N–H and O–H groups in total. The predicted molar refractivity (Wildman–Crippen MR) is 144 cm³/mol. The predicted octanol–water partition coefficient (Wildman–Crippen LogP) is 5.53. The van der Waals surface area contributed by atoms with Crippen LogP contribution in [0.3, 0.4) is 0 Å². The first-order valence-electron chi connectivity index (χ1n) is 12.8. The van der Waals surface area contributed by atoms with E-state index in [-0.39, 0.29) is 29.0 Å². The Labute approximate surface area is 227 Å². The number of sulfonamides is 1. The second-order valence-electron chi connectivity index (χ2n) is 11.7. The van der Waals surface area contributed by atoms with Gasteiger partial charge in [0, 0.05) is 18.5 Å². The third-order valence-corrected chi connectivity index (χ3v) is 11.0. The topological polar surface area (TPSA) is 92.3 Å². The van der Waals surface area contributed by atoms with Crippen molar-refractivity contribution in [3.63, 3.8) is 0 Å². The van der Waals surface area contributed by atoms with Crippen LogP contribution in [0.5, 0.6) is 0 Å². The van der Waals surface area contributed by atoms with Crippen molar-refractivity contribution < 1.29 is 13.2 Å². The molecule has 4 aliphatic carbocycles. The van der Waals surface area contributed by atoms with Gasteiger partial charge in [-0.3, -0.25) is 4.79 Å². The molecule has 3 atom stereocenters. The van der Waals surface area contributed by atoms with E-state index in [1.165, 1.54) is 29.0 Å². The molecular formula is C27H30Cl2N4O3S. The summed E-state index contributed by atoms with van der Waals surface area (Å²) < 4.78 is 27.7. The summed E-state index contributed by atoms with van der Waals surface area (Å²) in [5.41, 5.74) is 3.83. The Kier molecular flexibility index (Phi) is 6.18. The second kappa shape index (κ2) is 9.04. The van der Waals surface area contributed by atoms with Gasteiger partial charge in [0.05, 0.1) is 28.0 Å². The number of hydrogen-bond acceptors (Lipinski definition) is 5. The number of rotatable bonds is 6. The summed E-state index contributed by atoms with van der Waals surface area (Å²) in [7, 11) is -3.60. The highest BCUT2D eigenvalue weighted by Gasteiger charge is 2.52. The molecule has 3 unspecified atom stereocenters. The zero-order valence-electron chi connectivity index (χ0n) is 20.8. The number of carbonyl (C=O) groups excluding carboxylic acids is 1. The van der Waals surface area contributed by atoms with Crippen molar-refractivity contribution in [2.24, 2.45) is 16.7 Å². The lowest BCUT2D eigenvalue weighted by Crippen LogP contribution is -2.47. The fourth-order valence-corrected chi connectivity index (χ4v) is 9.37. The Morgan fingerprint density at radius 3 is 2.81 bits per heavy atom. The molecule has 7 nitrogen and oxygen atoms in total. The van der Waals surface area contributed by atoms with Crippen molar-refractivity contribution in [1.29, 1.82) is 0 Å². The van der Waals surface area contributed by atoms with Gasteiger partial charge in [0.15, 0.2) is 0 Å². The average Bonchev–Trinajstić information content (AvgIpc) is 2.79. The highest BCUT2D eigenvalue weighted by Crippen LogP contribution is 2.63. The summed E-state index contributed by atoms with van der Waals surface area (Å²) >= 11 is 12.0. The van der Waals surface area contributed by atoms with E-state index in [0.717, 1.165) is 24.8 Å². The van der Waals surface area contributed by atoms with Crippen LogP contribution < -0.4 is 5.32 Å². The van der Waals surface area contributed by atoms with E-state index in [0.29, 0.717) is 52.4 Å². The van der Waals surface area contributed by atoms with Crippen LogP contribution in [-0.4, -0.2) is 35.1 Å². The molecule has 0 radical (unpaired) electrons. The Morgan fingerprint density at radius 2 is 2.05 bits per heavy atom. The minimum Gasteiger partial charge on any atom is -0.310 e. The van der Waals surface area contributed by atoms with Gasteiger partial charge in [0.1, 0.15) is 12.1 Å². The molecule has 2 heterocycles. The van der Waals surface area contributed by atoms with Crippen LogP contribution in [-0.2, 0) is 33.5 Å². The SMILES string of the molecule is CC12C=C3CC(C1)CC(CC(=O)Nc1ncnc4c1CCN(S(=O)(=O)Cc1ccc(Cl)c(Cl)c1)C4)(C3)C2. The molecule has 2 aromatic rings. The summed E-state index contributed by atoms with van der Waals surface area (Å²) in [6, 6.07) is 4.85. The van der Waals surface area contributed by atoms with E-state index in [4.69, 9.17) is 23.2 Å². The van der Waals surface area contributed by atoms with Crippen LogP contribution >= 0.6 is 23.2 Å². The van der Waals surface area contributed by atoms with Crippen molar-refractivity contribution in [3.8, 4) is 0 Å². The van der Waals surface area contributed by atoms with Gasteiger partial charge in [-0.25, -0.2) is 18.4 Å². The van der Waals surface area contributed by atoms with E-state index in [9.17, 15) is 13.2 Å². The maximum Gasteiger partial charge on any atom is 0.226 e. The molecule has 1 aliphatic heterocycles.